The lowest BCUT2D eigenvalue weighted by Gasteiger charge is -2.00. The number of nitrogens with zero attached hydrogens (tertiary/aromatic N) is 3. The number of alkyl halides is 1. The van der Waals surface area contributed by atoms with E-state index in [0.717, 1.165) is 11.3 Å². The molecule has 2 aromatic rings. The molecule has 0 radical (unpaired) electrons. The fourth-order valence-electron chi connectivity index (χ4n) is 1.36. The van der Waals surface area contributed by atoms with Gasteiger partial charge < -0.3 is 5.11 Å². The Morgan fingerprint density at radius 3 is 2.62 bits per heavy atom. The lowest BCUT2D eigenvalue weighted by Crippen LogP contribution is -1.99. The molecule has 16 heavy (non-hydrogen) atoms. The molecule has 0 aliphatic carbocycles. The Labute approximate surface area is 102 Å². The third-order valence-electron chi connectivity index (χ3n) is 2.24. The van der Waals surface area contributed by atoms with Crippen molar-refractivity contribution in [2.45, 2.75) is 18.3 Å². The summed E-state index contributed by atoms with van der Waals surface area (Å²) in [4.78, 5) is 0.209. The Kier molecular flexibility index (Phi) is 3.24. The number of benzene rings is 1. The van der Waals surface area contributed by atoms with Crippen LogP contribution in [0.5, 0.6) is 5.75 Å². The Hall–Kier alpha value is -1.36. The van der Waals surface area contributed by atoms with Crippen LogP contribution in [0, 0.1) is 0 Å². The molecule has 4 nitrogen and oxygen atoms in total. The molecule has 1 heterocycles. The molecule has 0 spiro atoms. The van der Waals surface area contributed by atoms with Crippen LogP contribution in [0.3, 0.4) is 0 Å². The van der Waals surface area contributed by atoms with Gasteiger partial charge in [0.25, 0.3) is 0 Å². The van der Waals surface area contributed by atoms with E-state index >= 15 is 0 Å². The molecule has 1 unspecified atom stereocenters. The van der Waals surface area contributed by atoms with Crippen LogP contribution in [-0.2, 0) is 6.54 Å². The molecule has 1 N–H and O–H groups in total. The quantitative estimate of drug-likeness (QED) is 0.880. The molecule has 5 heteroatoms. The zero-order chi connectivity index (χ0) is 11.5. The van der Waals surface area contributed by atoms with Crippen LogP contribution < -0.4 is 0 Å². The van der Waals surface area contributed by atoms with Gasteiger partial charge in [-0.1, -0.05) is 33.3 Å². The molecule has 0 saturated heterocycles. The summed E-state index contributed by atoms with van der Waals surface area (Å²) in [6, 6.07) is 7.07. The number of aromatic nitrogens is 3. The number of phenols is 1. The zero-order valence-corrected chi connectivity index (χ0v) is 10.4. The Balaban J connectivity index is 2.11. The highest BCUT2D eigenvalue weighted by molar-refractivity contribution is 9.09. The second-order valence-electron chi connectivity index (χ2n) is 3.62. The van der Waals surface area contributed by atoms with E-state index in [1.54, 1.807) is 16.8 Å². The van der Waals surface area contributed by atoms with E-state index in [9.17, 15) is 0 Å². The van der Waals surface area contributed by atoms with Gasteiger partial charge in [-0.15, -0.1) is 5.10 Å². The molecule has 2 rings (SSSR count). The SMILES string of the molecule is CC(Br)c1cn(Cc2ccc(O)cc2)nn1. The minimum Gasteiger partial charge on any atom is -0.508 e. The highest BCUT2D eigenvalue weighted by atomic mass is 79.9. The highest BCUT2D eigenvalue weighted by Gasteiger charge is 2.06. The third kappa shape index (κ3) is 2.61. The average molecular weight is 282 g/mol. The van der Waals surface area contributed by atoms with Crippen molar-refractivity contribution in [3.05, 3.63) is 41.7 Å². The van der Waals surface area contributed by atoms with Crippen molar-refractivity contribution in [3.63, 3.8) is 0 Å². The summed E-state index contributed by atoms with van der Waals surface area (Å²) in [6.45, 7) is 2.67. The van der Waals surface area contributed by atoms with Gasteiger partial charge in [-0.3, -0.25) is 0 Å². The van der Waals surface area contributed by atoms with Crippen molar-refractivity contribution in [2.24, 2.45) is 0 Å². The van der Waals surface area contributed by atoms with Gasteiger partial charge in [0.05, 0.1) is 17.1 Å². The molecular weight excluding hydrogens is 270 g/mol. The van der Waals surface area contributed by atoms with Gasteiger partial charge >= 0.3 is 0 Å². The predicted octanol–water partition coefficient (Wildman–Crippen LogP) is 2.49. The normalized spacial score (nSPS) is 12.6. The monoisotopic (exact) mass is 281 g/mol. The Morgan fingerprint density at radius 2 is 2.06 bits per heavy atom. The lowest BCUT2D eigenvalue weighted by atomic mass is 10.2. The van der Waals surface area contributed by atoms with Crippen LogP contribution in [0.25, 0.3) is 0 Å². The van der Waals surface area contributed by atoms with Gasteiger partial charge in [0, 0.05) is 6.20 Å². The molecule has 0 fully saturated rings. The van der Waals surface area contributed by atoms with Gasteiger partial charge in [0.15, 0.2) is 0 Å². The largest absolute Gasteiger partial charge is 0.508 e. The summed E-state index contributed by atoms with van der Waals surface area (Å²) in [5, 5.41) is 17.2. The van der Waals surface area contributed by atoms with Crippen molar-refractivity contribution in [1.82, 2.24) is 15.0 Å². The first kappa shape index (κ1) is 11.1. The standard InChI is InChI=1S/C11H12BrN3O/c1-8(12)11-7-15(14-13-11)6-9-2-4-10(16)5-3-9/h2-5,7-8,16H,6H2,1H3. The predicted molar refractivity (Wildman–Crippen MR) is 64.6 cm³/mol. The van der Waals surface area contributed by atoms with Crippen molar-refractivity contribution in [1.29, 1.82) is 0 Å². The van der Waals surface area contributed by atoms with Crippen molar-refractivity contribution in [3.8, 4) is 5.75 Å². The van der Waals surface area contributed by atoms with E-state index in [1.165, 1.54) is 0 Å². The first-order chi connectivity index (χ1) is 7.65. The van der Waals surface area contributed by atoms with Crippen LogP contribution in [0.1, 0.15) is 23.0 Å². The maximum Gasteiger partial charge on any atom is 0.115 e. The van der Waals surface area contributed by atoms with Crippen molar-refractivity contribution >= 4 is 15.9 Å². The van der Waals surface area contributed by atoms with Crippen LogP contribution in [0.15, 0.2) is 30.5 Å². The third-order valence-corrected chi connectivity index (χ3v) is 2.71. The van der Waals surface area contributed by atoms with Crippen LogP contribution in [0.4, 0.5) is 0 Å². The minimum absolute atomic E-state index is 0.209. The maximum absolute atomic E-state index is 9.16. The molecular formula is C11H12BrN3O. The zero-order valence-electron chi connectivity index (χ0n) is 8.84. The summed E-state index contributed by atoms with van der Waals surface area (Å²) in [5.74, 6) is 0.275. The summed E-state index contributed by atoms with van der Waals surface area (Å²) >= 11 is 3.44. The number of phenolic OH excluding ortho intramolecular Hbond substituents is 1. The number of rotatable bonds is 3. The van der Waals surface area contributed by atoms with E-state index in [2.05, 4.69) is 26.2 Å². The molecule has 1 aromatic heterocycles. The highest BCUT2D eigenvalue weighted by Crippen LogP contribution is 2.18. The number of aromatic hydroxyl groups is 1. The smallest absolute Gasteiger partial charge is 0.115 e. The molecule has 0 bridgehead atoms. The summed E-state index contributed by atoms with van der Waals surface area (Å²) in [5.41, 5.74) is 2.00. The van der Waals surface area contributed by atoms with Gasteiger partial charge in [-0.05, 0) is 24.6 Å². The minimum atomic E-state index is 0.209. The van der Waals surface area contributed by atoms with Crippen LogP contribution in [-0.4, -0.2) is 20.1 Å². The molecule has 0 amide bonds. The van der Waals surface area contributed by atoms with Crippen LogP contribution in [0.2, 0.25) is 0 Å². The molecule has 0 aliphatic heterocycles. The molecule has 0 saturated carbocycles. The molecule has 0 aliphatic rings. The van der Waals surface area contributed by atoms with Gasteiger partial charge in [-0.25, -0.2) is 4.68 Å². The second kappa shape index (κ2) is 4.65. The van der Waals surface area contributed by atoms with E-state index in [1.807, 2.05) is 25.3 Å². The molecule has 84 valence electrons. The number of halogens is 1. The number of hydrogen-bond acceptors (Lipinski definition) is 3. The van der Waals surface area contributed by atoms with Crippen molar-refractivity contribution < 1.29 is 5.11 Å². The van der Waals surface area contributed by atoms with Gasteiger partial charge in [-0.2, -0.15) is 0 Å². The first-order valence-corrected chi connectivity index (χ1v) is 5.89. The fourth-order valence-corrected chi connectivity index (χ4v) is 1.57. The Bertz CT molecular complexity index is 464. The Morgan fingerprint density at radius 1 is 1.38 bits per heavy atom. The van der Waals surface area contributed by atoms with E-state index in [-0.39, 0.29) is 10.6 Å². The fraction of sp³-hybridized carbons (Fsp3) is 0.273. The van der Waals surface area contributed by atoms with Gasteiger partial charge in [0.2, 0.25) is 0 Å². The topological polar surface area (TPSA) is 50.9 Å². The second-order valence-corrected chi connectivity index (χ2v) is 5.00. The van der Waals surface area contributed by atoms with E-state index in [4.69, 9.17) is 5.11 Å². The lowest BCUT2D eigenvalue weighted by molar-refractivity contribution is 0.475. The summed E-state index contributed by atoms with van der Waals surface area (Å²) < 4.78 is 1.78. The van der Waals surface area contributed by atoms with Gasteiger partial charge in [0.1, 0.15) is 5.75 Å². The van der Waals surface area contributed by atoms with Crippen LogP contribution >= 0.6 is 15.9 Å². The van der Waals surface area contributed by atoms with E-state index < -0.39 is 0 Å². The summed E-state index contributed by atoms with van der Waals surface area (Å²) in [7, 11) is 0. The molecule has 1 atom stereocenters. The molecule has 1 aromatic carbocycles. The summed E-state index contributed by atoms with van der Waals surface area (Å²) in [6.07, 6.45) is 1.91. The first-order valence-electron chi connectivity index (χ1n) is 4.97. The maximum atomic E-state index is 9.16. The average Bonchev–Trinajstić information content (AvgIpc) is 2.70. The number of hydrogen-bond donors (Lipinski definition) is 1. The van der Waals surface area contributed by atoms with E-state index in [0.29, 0.717) is 6.54 Å². The van der Waals surface area contributed by atoms with Crippen molar-refractivity contribution in [2.75, 3.05) is 0 Å².